The molecule has 3 rings (SSSR count). The van der Waals surface area contributed by atoms with Crippen molar-refractivity contribution in [3.8, 4) is 0 Å². The van der Waals surface area contributed by atoms with Gasteiger partial charge in [-0.1, -0.05) is 36.0 Å². The van der Waals surface area contributed by atoms with E-state index < -0.39 is 5.25 Å². The summed E-state index contributed by atoms with van der Waals surface area (Å²) in [6.07, 6.45) is 1.77. The van der Waals surface area contributed by atoms with Crippen LogP contribution in [0.15, 0.2) is 54.0 Å². The summed E-state index contributed by atoms with van der Waals surface area (Å²) in [5.41, 5.74) is 5.87. The number of aliphatic imine (C=N–C) groups is 1. The van der Waals surface area contributed by atoms with Gasteiger partial charge >= 0.3 is 0 Å². The van der Waals surface area contributed by atoms with E-state index in [2.05, 4.69) is 18.0 Å². The molecule has 1 fully saturated rings. The number of carbonyl (C=O) groups is 2. The number of nitrogens with one attached hydrogen (secondary N) is 1. The molecule has 2 aromatic carbocycles. The first-order valence-corrected chi connectivity index (χ1v) is 10.8. The Morgan fingerprint density at radius 3 is 2.50 bits per heavy atom. The van der Waals surface area contributed by atoms with E-state index in [1.807, 2.05) is 58.0 Å². The van der Waals surface area contributed by atoms with Gasteiger partial charge in [0.1, 0.15) is 5.25 Å². The highest BCUT2D eigenvalue weighted by Crippen LogP contribution is 2.32. The van der Waals surface area contributed by atoms with Gasteiger partial charge in [-0.15, -0.1) is 6.58 Å². The molecule has 0 saturated carbocycles. The summed E-state index contributed by atoms with van der Waals surface area (Å²) in [4.78, 5) is 31.9. The Labute approximate surface area is 182 Å². The zero-order valence-corrected chi connectivity index (χ0v) is 18.7. The lowest BCUT2D eigenvalue weighted by atomic mass is 10.1. The zero-order chi connectivity index (χ0) is 21.8. The first-order chi connectivity index (χ1) is 14.3. The molecule has 0 spiro atoms. The van der Waals surface area contributed by atoms with Gasteiger partial charge < -0.3 is 5.32 Å². The monoisotopic (exact) mass is 421 g/mol. The molecular weight excluding hydrogens is 394 g/mol. The smallest absolute Gasteiger partial charge is 0.242 e. The van der Waals surface area contributed by atoms with Crippen molar-refractivity contribution in [2.75, 3.05) is 11.9 Å². The molecule has 1 saturated heterocycles. The van der Waals surface area contributed by atoms with Crippen LogP contribution in [0, 0.1) is 27.7 Å². The molecule has 156 valence electrons. The molecule has 2 amide bonds. The number of hydrogen-bond acceptors (Lipinski definition) is 4. The fourth-order valence-corrected chi connectivity index (χ4v) is 4.56. The van der Waals surface area contributed by atoms with Crippen LogP contribution in [0.25, 0.3) is 0 Å². The standard InChI is InChI=1S/C24H27N3O2S/c1-6-9-27-23(29)21(14-22(28)26-20-13-15(2)7-8-18(20)5)30-24(27)25-19-11-16(3)10-17(4)12-19/h6-8,10-13,21H,1,9,14H2,2-5H3,(H,26,28)/t21-/m1/s1. The molecular formula is C24H27N3O2S. The van der Waals surface area contributed by atoms with Crippen molar-refractivity contribution >= 4 is 40.1 Å². The highest BCUT2D eigenvalue weighted by atomic mass is 32.2. The van der Waals surface area contributed by atoms with Crippen LogP contribution in [-0.4, -0.2) is 33.7 Å². The predicted molar refractivity (Wildman–Crippen MR) is 125 cm³/mol. The third kappa shape index (κ3) is 5.19. The number of anilines is 1. The van der Waals surface area contributed by atoms with Gasteiger partial charge in [0, 0.05) is 18.7 Å². The Kier molecular flexibility index (Phi) is 6.77. The summed E-state index contributed by atoms with van der Waals surface area (Å²) >= 11 is 1.34. The molecule has 5 nitrogen and oxygen atoms in total. The first kappa shape index (κ1) is 21.8. The van der Waals surface area contributed by atoms with Gasteiger partial charge in [-0.05, 0) is 68.1 Å². The van der Waals surface area contributed by atoms with Crippen LogP contribution in [0.1, 0.15) is 28.7 Å². The number of aryl methyl sites for hydroxylation is 4. The molecule has 0 aromatic heterocycles. The Morgan fingerprint density at radius 2 is 1.83 bits per heavy atom. The number of thioether (sulfide) groups is 1. The van der Waals surface area contributed by atoms with Crippen molar-refractivity contribution in [2.24, 2.45) is 4.99 Å². The molecule has 1 atom stereocenters. The molecule has 1 N–H and O–H groups in total. The quantitative estimate of drug-likeness (QED) is 0.663. The van der Waals surface area contributed by atoms with Crippen LogP contribution in [0.5, 0.6) is 0 Å². The number of rotatable bonds is 6. The van der Waals surface area contributed by atoms with Gasteiger partial charge in [0.2, 0.25) is 11.8 Å². The van der Waals surface area contributed by atoms with E-state index in [0.717, 1.165) is 33.6 Å². The number of carbonyl (C=O) groups excluding carboxylic acids is 2. The van der Waals surface area contributed by atoms with E-state index in [1.165, 1.54) is 11.8 Å². The molecule has 2 aromatic rings. The molecule has 6 heteroatoms. The van der Waals surface area contributed by atoms with Crippen LogP contribution in [0.2, 0.25) is 0 Å². The lowest BCUT2D eigenvalue weighted by molar-refractivity contribution is -0.127. The summed E-state index contributed by atoms with van der Waals surface area (Å²) in [6.45, 7) is 12.1. The van der Waals surface area contributed by atoms with Gasteiger partial charge in [-0.3, -0.25) is 14.5 Å². The fraction of sp³-hybridized carbons (Fsp3) is 0.292. The van der Waals surface area contributed by atoms with Crippen LogP contribution >= 0.6 is 11.8 Å². The number of benzene rings is 2. The van der Waals surface area contributed by atoms with Gasteiger partial charge in [0.05, 0.1) is 5.69 Å². The molecule has 1 heterocycles. The van der Waals surface area contributed by atoms with Gasteiger partial charge in [-0.25, -0.2) is 4.99 Å². The molecule has 1 aliphatic heterocycles. The zero-order valence-electron chi connectivity index (χ0n) is 17.9. The Hall–Kier alpha value is -2.86. The third-order valence-corrected chi connectivity index (χ3v) is 5.98. The highest BCUT2D eigenvalue weighted by molar-refractivity contribution is 8.15. The molecule has 1 aliphatic rings. The second-order valence-electron chi connectivity index (χ2n) is 7.65. The average Bonchev–Trinajstić information content (AvgIpc) is 2.93. The number of nitrogens with zero attached hydrogens (tertiary/aromatic N) is 2. The second kappa shape index (κ2) is 9.30. The number of hydrogen-bond donors (Lipinski definition) is 1. The predicted octanol–water partition coefficient (Wildman–Crippen LogP) is 5.07. The van der Waals surface area contributed by atoms with E-state index in [4.69, 9.17) is 4.99 Å². The summed E-state index contributed by atoms with van der Waals surface area (Å²) < 4.78 is 0. The lowest BCUT2D eigenvalue weighted by Gasteiger charge is -2.14. The van der Waals surface area contributed by atoms with Crippen LogP contribution in [0.3, 0.4) is 0 Å². The van der Waals surface area contributed by atoms with Crippen molar-refractivity contribution < 1.29 is 9.59 Å². The maximum atomic E-state index is 12.9. The largest absolute Gasteiger partial charge is 0.326 e. The summed E-state index contributed by atoms with van der Waals surface area (Å²) in [5, 5.41) is 3.05. The minimum Gasteiger partial charge on any atom is -0.326 e. The second-order valence-corrected chi connectivity index (χ2v) is 8.82. The maximum Gasteiger partial charge on any atom is 0.242 e. The molecule has 0 bridgehead atoms. The third-order valence-electron chi connectivity index (χ3n) is 4.80. The highest BCUT2D eigenvalue weighted by Gasteiger charge is 2.38. The Bertz CT molecular complexity index is 1010. The number of amides is 2. The van der Waals surface area contributed by atoms with E-state index >= 15 is 0 Å². The normalized spacial score (nSPS) is 17.5. The van der Waals surface area contributed by atoms with Crippen LogP contribution < -0.4 is 5.32 Å². The van der Waals surface area contributed by atoms with E-state index in [9.17, 15) is 9.59 Å². The Balaban J connectivity index is 1.78. The van der Waals surface area contributed by atoms with Crippen molar-refractivity contribution in [2.45, 2.75) is 39.4 Å². The van der Waals surface area contributed by atoms with Gasteiger partial charge in [-0.2, -0.15) is 0 Å². The minimum absolute atomic E-state index is 0.0936. The maximum absolute atomic E-state index is 12.9. The Morgan fingerprint density at radius 1 is 1.13 bits per heavy atom. The molecule has 0 radical (unpaired) electrons. The van der Waals surface area contributed by atoms with Crippen LogP contribution in [0.4, 0.5) is 11.4 Å². The molecule has 0 aliphatic carbocycles. The molecule has 0 unspecified atom stereocenters. The summed E-state index contributed by atoms with van der Waals surface area (Å²) in [7, 11) is 0. The van der Waals surface area contributed by atoms with E-state index in [1.54, 1.807) is 11.0 Å². The average molecular weight is 422 g/mol. The first-order valence-electron chi connectivity index (χ1n) is 9.90. The minimum atomic E-state index is -0.500. The summed E-state index contributed by atoms with van der Waals surface area (Å²) in [5.74, 6) is -0.292. The van der Waals surface area contributed by atoms with Crippen molar-refractivity contribution in [3.05, 3.63) is 71.3 Å². The van der Waals surface area contributed by atoms with Gasteiger partial charge in [0.15, 0.2) is 5.17 Å². The van der Waals surface area contributed by atoms with E-state index in [0.29, 0.717) is 11.7 Å². The fourth-order valence-electron chi connectivity index (χ4n) is 3.39. The topological polar surface area (TPSA) is 61.8 Å². The SMILES string of the molecule is C=CCN1C(=O)[C@@H](CC(=O)Nc2cc(C)ccc2C)SC1=Nc1cc(C)cc(C)c1. The number of amidine groups is 1. The van der Waals surface area contributed by atoms with Gasteiger partial charge in [0.25, 0.3) is 0 Å². The van der Waals surface area contributed by atoms with Crippen LogP contribution in [-0.2, 0) is 9.59 Å². The van der Waals surface area contributed by atoms with Crippen molar-refractivity contribution in [1.29, 1.82) is 0 Å². The summed E-state index contributed by atoms with van der Waals surface area (Å²) in [6, 6.07) is 12.0. The van der Waals surface area contributed by atoms with E-state index in [-0.39, 0.29) is 18.2 Å². The van der Waals surface area contributed by atoms with Crippen molar-refractivity contribution in [1.82, 2.24) is 4.90 Å². The molecule has 30 heavy (non-hydrogen) atoms. The van der Waals surface area contributed by atoms with Crippen molar-refractivity contribution in [3.63, 3.8) is 0 Å². The lowest BCUT2D eigenvalue weighted by Crippen LogP contribution is -2.33.